The summed E-state index contributed by atoms with van der Waals surface area (Å²) in [6.45, 7) is 3.68. The molecule has 0 aliphatic heterocycles. The Kier molecular flexibility index (Phi) is 16.8. The van der Waals surface area contributed by atoms with Gasteiger partial charge in [0.2, 0.25) is 0 Å². The van der Waals surface area contributed by atoms with E-state index in [9.17, 15) is 19.8 Å². The van der Waals surface area contributed by atoms with Crippen LogP contribution in [0.2, 0.25) is 0 Å². The molecule has 4 aromatic carbocycles. The number of aliphatic hydroxyl groups excluding tert-OH is 2. The summed E-state index contributed by atoms with van der Waals surface area (Å²) in [6.07, 6.45) is 1.91. The van der Waals surface area contributed by atoms with Gasteiger partial charge in [0.15, 0.2) is 0 Å². The minimum Gasteiger partial charge on any atom is -0.491 e. The van der Waals surface area contributed by atoms with Gasteiger partial charge in [-0.1, -0.05) is 60.7 Å². The van der Waals surface area contributed by atoms with Crippen molar-refractivity contribution in [1.29, 1.82) is 0 Å². The van der Waals surface area contributed by atoms with Crippen molar-refractivity contribution >= 4 is 11.8 Å². The number of hydrogen-bond donors (Lipinski definition) is 6. The van der Waals surface area contributed by atoms with Crippen molar-refractivity contribution in [1.82, 2.24) is 21.3 Å². The van der Waals surface area contributed by atoms with E-state index in [0.717, 1.165) is 25.9 Å². The number of hydrogen-bond acceptors (Lipinski definition) is 8. The molecule has 0 spiro atoms. The number of benzene rings is 4. The summed E-state index contributed by atoms with van der Waals surface area (Å²) in [4.78, 5) is 25.0. The van der Waals surface area contributed by atoms with Crippen LogP contribution in [0.3, 0.4) is 0 Å². The van der Waals surface area contributed by atoms with Gasteiger partial charge in [0.05, 0.1) is 0 Å². The van der Waals surface area contributed by atoms with Crippen molar-refractivity contribution in [2.75, 3.05) is 52.5 Å². The number of rotatable bonds is 23. The lowest BCUT2D eigenvalue weighted by atomic mass is 10.1. The van der Waals surface area contributed by atoms with Gasteiger partial charge in [0.25, 0.3) is 11.8 Å². The summed E-state index contributed by atoms with van der Waals surface area (Å²) < 4.78 is 11.3. The first kappa shape index (κ1) is 38.1. The zero-order valence-electron chi connectivity index (χ0n) is 28.6. The average molecular weight is 683 g/mol. The summed E-state index contributed by atoms with van der Waals surface area (Å²) in [5, 5.41) is 32.7. The molecule has 4 rings (SSSR count). The van der Waals surface area contributed by atoms with Crippen molar-refractivity contribution in [3.05, 3.63) is 131 Å². The Morgan fingerprint density at radius 1 is 0.520 bits per heavy atom. The van der Waals surface area contributed by atoms with E-state index < -0.39 is 12.2 Å². The lowest BCUT2D eigenvalue weighted by Crippen LogP contribution is -2.32. The predicted octanol–water partition coefficient (Wildman–Crippen LogP) is 3.77. The van der Waals surface area contributed by atoms with E-state index in [2.05, 4.69) is 45.5 Å². The molecule has 6 N–H and O–H groups in total. The molecular weight excluding hydrogens is 632 g/mol. The number of unbranched alkanes of at least 4 members (excludes halogenated alkanes) is 1. The van der Waals surface area contributed by atoms with Crippen LogP contribution in [0.4, 0.5) is 0 Å². The Morgan fingerprint density at radius 3 is 1.28 bits per heavy atom. The van der Waals surface area contributed by atoms with Crippen LogP contribution in [0.15, 0.2) is 109 Å². The fraction of sp³-hybridized carbons (Fsp3) is 0.350. The van der Waals surface area contributed by atoms with Gasteiger partial charge in [0.1, 0.15) is 36.9 Å². The zero-order chi connectivity index (χ0) is 35.2. The summed E-state index contributed by atoms with van der Waals surface area (Å²) in [5.74, 6) is 0.800. The molecule has 0 saturated heterocycles. The van der Waals surface area contributed by atoms with Crippen molar-refractivity contribution in [3.8, 4) is 11.5 Å². The van der Waals surface area contributed by atoms with Crippen LogP contribution in [-0.2, 0) is 12.8 Å². The van der Waals surface area contributed by atoms with E-state index in [4.69, 9.17) is 9.47 Å². The number of ether oxygens (including phenoxy) is 2. The highest BCUT2D eigenvalue weighted by molar-refractivity contribution is 5.94. The molecule has 2 amide bonds. The van der Waals surface area contributed by atoms with Crippen molar-refractivity contribution < 1.29 is 29.3 Å². The van der Waals surface area contributed by atoms with Crippen LogP contribution in [0.1, 0.15) is 44.7 Å². The molecular formula is C40H50N4O6. The van der Waals surface area contributed by atoms with Crippen LogP contribution in [0.5, 0.6) is 11.5 Å². The van der Waals surface area contributed by atoms with Gasteiger partial charge < -0.3 is 41.0 Å². The van der Waals surface area contributed by atoms with Gasteiger partial charge in [-0.15, -0.1) is 0 Å². The highest BCUT2D eigenvalue weighted by Crippen LogP contribution is 2.14. The molecule has 0 aliphatic rings. The SMILES string of the molecule is O=C(NCCCCNC(=O)c1ccc(OCC(O)CNCCc2ccccc2)cc1)c1ccc(OCC(O)CNCCc2ccccc2)cc1. The first-order valence-corrected chi connectivity index (χ1v) is 17.3. The topological polar surface area (TPSA) is 141 Å². The quantitative estimate of drug-likeness (QED) is 0.0650. The fourth-order valence-electron chi connectivity index (χ4n) is 5.06. The molecule has 0 bridgehead atoms. The normalized spacial score (nSPS) is 12.1. The summed E-state index contributed by atoms with van der Waals surface area (Å²) >= 11 is 0. The molecule has 0 fully saturated rings. The summed E-state index contributed by atoms with van der Waals surface area (Å²) in [6, 6.07) is 34.0. The minimum absolute atomic E-state index is 0.153. The molecule has 2 atom stereocenters. The third kappa shape index (κ3) is 14.8. The van der Waals surface area contributed by atoms with E-state index >= 15 is 0 Å². The lowest BCUT2D eigenvalue weighted by molar-refractivity contribution is 0.0939. The highest BCUT2D eigenvalue weighted by atomic mass is 16.5. The number of amides is 2. The van der Waals surface area contributed by atoms with E-state index in [-0.39, 0.29) is 25.0 Å². The molecule has 0 aromatic heterocycles. The average Bonchev–Trinajstić information content (AvgIpc) is 3.16. The monoisotopic (exact) mass is 682 g/mol. The molecule has 0 aliphatic carbocycles. The van der Waals surface area contributed by atoms with Crippen LogP contribution in [-0.4, -0.2) is 86.7 Å². The second-order valence-electron chi connectivity index (χ2n) is 12.1. The third-order valence-corrected chi connectivity index (χ3v) is 7.92. The first-order valence-electron chi connectivity index (χ1n) is 17.3. The molecule has 266 valence electrons. The molecule has 4 aromatic rings. The van der Waals surface area contributed by atoms with Crippen LogP contribution < -0.4 is 30.7 Å². The summed E-state index contributed by atoms with van der Waals surface area (Å²) in [5.41, 5.74) is 3.53. The molecule has 0 saturated carbocycles. The largest absolute Gasteiger partial charge is 0.491 e. The van der Waals surface area contributed by atoms with E-state index in [0.29, 0.717) is 61.6 Å². The summed E-state index contributed by atoms with van der Waals surface area (Å²) in [7, 11) is 0. The van der Waals surface area contributed by atoms with Gasteiger partial charge >= 0.3 is 0 Å². The maximum absolute atomic E-state index is 12.5. The van der Waals surface area contributed by atoms with Gasteiger partial charge in [-0.2, -0.15) is 0 Å². The van der Waals surface area contributed by atoms with Crippen LogP contribution in [0, 0.1) is 0 Å². The van der Waals surface area contributed by atoms with Gasteiger partial charge in [-0.25, -0.2) is 0 Å². The third-order valence-electron chi connectivity index (χ3n) is 7.92. The fourth-order valence-corrected chi connectivity index (χ4v) is 5.06. The van der Waals surface area contributed by atoms with Gasteiger partial charge in [-0.05, 0) is 98.4 Å². The van der Waals surface area contributed by atoms with Crippen LogP contribution >= 0.6 is 0 Å². The van der Waals surface area contributed by atoms with Gasteiger partial charge in [-0.3, -0.25) is 9.59 Å². The Morgan fingerprint density at radius 2 is 0.900 bits per heavy atom. The van der Waals surface area contributed by atoms with Crippen molar-refractivity contribution in [3.63, 3.8) is 0 Å². The second kappa shape index (κ2) is 22.1. The van der Waals surface area contributed by atoms with Crippen LogP contribution in [0.25, 0.3) is 0 Å². The lowest BCUT2D eigenvalue weighted by Gasteiger charge is -2.14. The zero-order valence-corrected chi connectivity index (χ0v) is 28.6. The standard InChI is InChI=1S/C40H50N4O6/c45-35(27-41-25-21-31-9-3-1-4-10-31)29-49-37-17-13-33(14-18-37)39(47)43-23-7-8-24-44-40(48)34-15-19-38(20-16-34)50-30-36(46)28-42-26-22-32-11-5-2-6-12-32/h1-6,9-20,35-36,41-42,45-46H,7-8,21-30H2,(H,43,47)(H,44,48). The molecule has 10 nitrogen and oxygen atoms in total. The Labute approximate surface area is 295 Å². The maximum Gasteiger partial charge on any atom is 0.251 e. The Balaban J connectivity index is 1.00. The Bertz CT molecular complexity index is 1400. The molecule has 50 heavy (non-hydrogen) atoms. The molecule has 10 heteroatoms. The number of nitrogens with one attached hydrogen (secondary N) is 4. The van der Waals surface area contributed by atoms with E-state index in [1.165, 1.54) is 11.1 Å². The van der Waals surface area contributed by atoms with Crippen molar-refractivity contribution in [2.24, 2.45) is 0 Å². The second-order valence-corrected chi connectivity index (χ2v) is 12.1. The maximum atomic E-state index is 12.5. The highest BCUT2D eigenvalue weighted by Gasteiger charge is 2.10. The number of carbonyl (C=O) groups excluding carboxylic acids is 2. The number of aliphatic hydroxyl groups is 2. The van der Waals surface area contributed by atoms with E-state index in [1.54, 1.807) is 48.5 Å². The predicted molar refractivity (Wildman–Crippen MR) is 196 cm³/mol. The minimum atomic E-state index is -0.645. The van der Waals surface area contributed by atoms with Crippen molar-refractivity contribution in [2.45, 2.75) is 37.9 Å². The first-order chi connectivity index (χ1) is 24.5. The van der Waals surface area contributed by atoms with E-state index in [1.807, 2.05) is 36.4 Å². The molecule has 0 heterocycles. The Hall–Kier alpha value is -4.74. The molecule has 2 unspecified atom stereocenters. The van der Waals surface area contributed by atoms with Gasteiger partial charge in [0, 0.05) is 37.3 Å². The molecule has 0 radical (unpaired) electrons. The number of carbonyl (C=O) groups is 2. The smallest absolute Gasteiger partial charge is 0.251 e.